The van der Waals surface area contributed by atoms with E-state index < -0.39 is 24.3 Å². The fourth-order valence-electron chi connectivity index (χ4n) is 3.32. The number of fused-ring (bicyclic) bond motifs is 1. The van der Waals surface area contributed by atoms with Gasteiger partial charge in [0.05, 0.1) is 17.3 Å². The van der Waals surface area contributed by atoms with Gasteiger partial charge in [0.1, 0.15) is 18.2 Å². The second-order valence-corrected chi connectivity index (χ2v) is 6.52. The van der Waals surface area contributed by atoms with Crippen molar-refractivity contribution in [3.05, 3.63) is 95.8 Å². The van der Waals surface area contributed by atoms with Crippen LogP contribution in [0.5, 0.6) is 5.75 Å². The molecule has 146 valence electrons. The number of nitrogens with zero attached hydrogens (tertiary/aromatic N) is 1. The molecule has 0 saturated heterocycles. The molecular formula is C23H18FNO4. The summed E-state index contributed by atoms with van der Waals surface area (Å²) in [5, 5.41) is 0. The van der Waals surface area contributed by atoms with Gasteiger partial charge in [-0.3, -0.25) is 9.69 Å². The van der Waals surface area contributed by atoms with Gasteiger partial charge in [-0.15, -0.1) is 0 Å². The van der Waals surface area contributed by atoms with Crippen LogP contribution in [0.2, 0.25) is 0 Å². The van der Waals surface area contributed by atoms with Gasteiger partial charge in [0, 0.05) is 0 Å². The third-order valence-corrected chi connectivity index (χ3v) is 4.71. The smallest absolute Gasteiger partial charge is 0.341 e. The Morgan fingerprint density at radius 2 is 1.66 bits per heavy atom. The summed E-state index contributed by atoms with van der Waals surface area (Å²) in [6, 6.07) is 21.8. The molecule has 0 fully saturated rings. The average molecular weight is 391 g/mol. The number of anilines is 1. The van der Waals surface area contributed by atoms with E-state index in [2.05, 4.69) is 0 Å². The molecule has 1 aliphatic rings. The lowest BCUT2D eigenvalue weighted by molar-refractivity contribution is -0.122. The second-order valence-electron chi connectivity index (χ2n) is 6.52. The number of esters is 1. The number of benzene rings is 3. The van der Waals surface area contributed by atoms with Crippen molar-refractivity contribution in [3.63, 3.8) is 0 Å². The maximum atomic E-state index is 13.8. The van der Waals surface area contributed by atoms with E-state index in [1.54, 1.807) is 23.1 Å². The third kappa shape index (κ3) is 3.82. The van der Waals surface area contributed by atoms with Crippen LogP contribution in [0.3, 0.4) is 0 Å². The van der Waals surface area contributed by atoms with E-state index in [4.69, 9.17) is 9.47 Å². The number of para-hydroxylation sites is 2. The normalized spacial score (nSPS) is 15.2. The molecular weight excluding hydrogens is 373 g/mol. The van der Waals surface area contributed by atoms with Crippen LogP contribution >= 0.6 is 0 Å². The fraction of sp³-hybridized carbons (Fsp3) is 0.130. The zero-order chi connectivity index (χ0) is 20.2. The van der Waals surface area contributed by atoms with Gasteiger partial charge >= 0.3 is 5.97 Å². The summed E-state index contributed by atoms with van der Waals surface area (Å²) in [7, 11) is 0. The number of ether oxygens (including phenoxy) is 2. The van der Waals surface area contributed by atoms with Crippen molar-refractivity contribution in [1.29, 1.82) is 0 Å². The Labute approximate surface area is 167 Å². The molecule has 1 aliphatic heterocycles. The third-order valence-electron chi connectivity index (χ3n) is 4.71. The lowest BCUT2D eigenvalue weighted by Crippen LogP contribution is -2.43. The summed E-state index contributed by atoms with van der Waals surface area (Å²) in [6.07, 6.45) is 0. The topological polar surface area (TPSA) is 55.8 Å². The van der Waals surface area contributed by atoms with Gasteiger partial charge in [-0.25, -0.2) is 9.18 Å². The molecule has 3 aromatic carbocycles. The minimum Gasteiger partial charge on any atom is -0.489 e. The molecule has 1 amide bonds. The minimum absolute atomic E-state index is 0.206. The van der Waals surface area contributed by atoms with Crippen molar-refractivity contribution in [1.82, 2.24) is 0 Å². The molecule has 0 radical (unpaired) electrons. The van der Waals surface area contributed by atoms with Crippen molar-refractivity contribution < 1.29 is 23.5 Å². The van der Waals surface area contributed by atoms with E-state index in [1.165, 1.54) is 24.3 Å². The quantitative estimate of drug-likeness (QED) is 0.627. The summed E-state index contributed by atoms with van der Waals surface area (Å²) >= 11 is 0. The number of carbonyl (C=O) groups is 2. The Bertz CT molecular complexity index is 1040. The number of rotatable bonds is 4. The fourth-order valence-corrected chi connectivity index (χ4v) is 3.32. The minimum atomic E-state index is -0.880. The first-order chi connectivity index (χ1) is 14.1. The van der Waals surface area contributed by atoms with Crippen molar-refractivity contribution in [2.75, 3.05) is 18.1 Å². The number of hydrogen-bond donors (Lipinski definition) is 0. The lowest BCUT2D eigenvalue weighted by Gasteiger charge is -2.37. The molecule has 1 heterocycles. The van der Waals surface area contributed by atoms with E-state index in [0.29, 0.717) is 11.4 Å². The Kier molecular flexibility index (Phi) is 5.24. The van der Waals surface area contributed by atoms with Gasteiger partial charge < -0.3 is 9.47 Å². The van der Waals surface area contributed by atoms with Crippen molar-refractivity contribution in [2.24, 2.45) is 0 Å². The van der Waals surface area contributed by atoms with Gasteiger partial charge in [0.15, 0.2) is 6.61 Å². The monoisotopic (exact) mass is 391 g/mol. The molecule has 0 N–H and O–H groups in total. The highest BCUT2D eigenvalue weighted by molar-refractivity contribution is 5.99. The molecule has 0 spiro atoms. The summed E-state index contributed by atoms with van der Waals surface area (Å²) < 4.78 is 24.7. The highest BCUT2D eigenvalue weighted by atomic mass is 19.1. The maximum absolute atomic E-state index is 13.8. The molecule has 0 unspecified atom stereocenters. The Morgan fingerprint density at radius 1 is 0.966 bits per heavy atom. The van der Waals surface area contributed by atoms with Crippen LogP contribution in [-0.4, -0.2) is 25.1 Å². The Morgan fingerprint density at radius 3 is 2.45 bits per heavy atom. The highest BCUT2D eigenvalue weighted by Gasteiger charge is 2.33. The molecule has 0 saturated carbocycles. The number of hydrogen-bond acceptors (Lipinski definition) is 4. The van der Waals surface area contributed by atoms with Crippen molar-refractivity contribution >= 4 is 17.6 Å². The molecule has 1 atom stereocenters. The van der Waals surface area contributed by atoms with Crippen LogP contribution in [0.25, 0.3) is 0 Å². The molecule has 0 bridgehead atoms. The number of carbonyl (C=O) groups excluding carboxylic acids is 2. The van der Waals surface area contributed by atoms with Crippen LogP contribution in [0, 0.1) is 5.82 Å². The number of amides is 1. The van der Waals surface area contributed by atoms with E-state index in [0.717, 1.165) is 5.56 Å². The van der Waals surface area contributed by atoms with Crippen LogP contribution in [0.1, 0.15) is 22.0 Å². The average Bonchev–Trinajstić information content (AvgIpc) is 2.77. The molecule has 0 aromatic heterocycles. The van der Waals surface area contributed by atoms with E-state index in [1.807, 2.05) is 36.4 Å². The Balaban J connectivity index is 1.58. The summed E-state index contributed by atoms with van der Waals surface area (Å²) in [5.41, 5.74) is 1.29. The lowest BCUT2D eigenvalue weighted by atomic mass is 10.0. The van der Waals surface area contributed by atoms with Gasteiger partial charge in [0.2, 0.25) is 0 Å². The predicted molar refractivity (Wildman–Crippen MR) is 105 cm³/mol. The largest absolute Gasteiger partial charge is 0.489 e. The maximum Gasteiger partial charge on any atom is 0.341 e. The zero-order valence-electron chi connectivity index (χ0n) is 15.5. The van der Waals surface area contributed by atoms with Crippen molar-refractivity contribution in [3.8, 4) is 5.75 Å². The Hall–Kier alpha value is -3.67. The second kappa shape index (κ2) is 8.14. The SMILES string of the molecule is O=C(OCC(=O)N1c2ccccc2OC[C@H]1c1ccccc1)c1ccccc1F. The van der Waals surface area contributed by atoms with Gasteiger partial charge in [0.25, 0.3) is 5.91 Å². The first-order valence-corrected chi connectivity index (χ1v) is 9.15. The van der Waals surface area contributed by atoms with E-state index >= 15 is 0 Å². The first kappa shape index (κ1) is 18.7. The predicted octanol–water partition coefficient (Wildman–Crippen LogP) is 4.15. The highest BCUT2D eigenvalue weighted by Crippen LogP contribution is 2.39. The zero-order valence-corrected chi connectivity index (χ0v) is 15.5. The molecule has 29 heavy (non-hydrogen) atoms. The summed E-state index contributed by atoms with van der Waals surface area (Å²) in [6.45, 7) is -0.237. The van der Waals surface area contributed by atoms with Crippen LogP contribution in [0.4, 0.5) is 10.1 Å². The molecule has 5 nitrogen and oxygen atoms in total. The van der Waals surface area contributed by atoms with Crippen LogP contribution in [-0.2, 0) is 9.53 Å². The summed E-state index contributed by atoms with van der Waals surface area (Å²) in [5.74, 6) is -1.41. The van der Waals surface area contributed by atoms with Gasteiger partial charge in [-0.1, -0.05) is 54.6 Å². The molecule has 3 aromatic rings. The molecule has 6 heteroatoms. The van der Waals surface area contributed by atoms with Crippen molar-refractivity contribution in [2.45, 2.75) is 6.04 Å². The van der Waals surface area contributed by atoms with E-state index in [-0.39, 0.29) is 18.2 Å². The van der Waals surface area contributed by atoms with Crippen LogP contribution in [0.15, 0.2) is 78.9 Å². The first-order valence-electron chi connectivity index (χ1n) is 9.15. The number of halogens is 1. The van der Waals surface area contributed by atoms with Gasteiger partial charge in [-0.2, -0.15) is 0 Å². The van der Waals surface area contributed by atoms with Gasteiger partial charge in [-0.05, 0) is 29.8 Å². The van der Waals surface area contributed by atoms with Crippen LogP contribution < -0.4 is 9.64 Å². The van der Waals surface area contributed by atoms with E-state index in [9.17, 15) is 14.0 Å². The standard InChI is InChI=1S/C23H18FNO4/c24-18-11-5-4-10-17(18)23(27)29-15-22(26)25-19-12-6-7-13-21(19)28-14-20(25)16-8-2-1-3-9-16/h1-13,20H,14-15H2/t20-/m0/s1. The molecule has 4 rings (SSSR count). The summed E-state index contributed by atoms with van der Waals surface area (Å²) in [4.78, 5) is 26.8. The molecule has 0 aliphatic carbocycles.